The van der Waals surface area contributed by atoms with Crippen molar-refractivity contribution in [1.82, 2.24) is 0 Å². The third-order valence-corrected chi connectivity index (χ3v) is 3.18. The quantitative estimate of drug-likeness (QED) is 0.609. The average molecular weight is 173 g/mol. The molecule has 0 saturated heterocycles. The molecule has 0 fully saturated rings. The van der Waals surface area contributed by atoms with Crippen LogP contribution in [0.2, 0.25) is 0 Å². The minimum Gasteiger partial charge on any atom is -0.0905 e. The van der Waals surface area contributed by atoms with Crippen molar-refractivity contribution in [2.45, 2.75) is 34.6 Å². The van der Waals surface area contributed by atoms with Gasteiger partial charge in [0.15, 0.2) is 0 Å². The van der Waals surface area contributed by atoms with Gasteiger partial charge in [-0.15, -0.1) is 0 Å². The summed E-state index contributed by atoms with van der Waals surface area (Å²) in [7, 11) is 0. The summed E-state index contributed by atoms with van der Waals surface area (Å²) >= 11 is 0. The van der Waals surface area contributed by atoms with E-state index in [4.69, 9.17) is 0 Å². The maximum absolute atomic E-state index is 3.74. The Morgan fingerprint density at radius 1 is 0.692 bits per heavy atom. The fraction of sp³-hybridized carbons (Fsp3) is 0.385. The molecule has 0 aliphatic rings. The highest BCUT2D eigenvalue weighted by Gasteiger charge is 2.09. The van der Waals surface area contributed by atoms with Crippen LogP contribution in [0.3, 0.4) is 0 Å². The van der Waals surface area contributed by atoms with Crippen LogP contribution in [0, 0.1) is 40.7 Å². The maximum atomic E-state index is 3.74. The van der Waals surface area contributed by atoms with E-state index >= 15 is 0 Å². The molecule has 0 aromatic heterocycles. The largest absolute Gasteiger partial charge is 0.0905 e. The smallest absolute Gasteiger partial charge is 0.0120 e. The van der Waals surface area contributed by atoms with Gasteiger partial charge in [0.05, 0.1) is 0 Å². The maximum Gasteiger partial charge on any atom is -0.0120 e. The van der Waals surface area contributed by atoms with Crippen molar-refractivity contribution in [1.29, 1.82) is 0 Å². The number of rotatable bonds is 1. The minimum absolute atomic E-state index is 1.18. The Labute approximate surface area is 81.3 Å². The Morgan fingerprint density at radius 2 is 1.00 bits per heavy atom. The van der Waals surface area contributed by atoms with Gasteiger partial charge in [0.1, 0.15) is 0 Å². The molecule has 0 saturated carbocycles. The Kier molecular flexibility index (Phi) is 2.60. The third kappa shape index (κ3) is 1.41. The highest BCUT2D eigenvalue weighted by atomic mass is 14.1. The van der Waals surface area contributed by atoms with Crippen LogP contribution in [0.15, 0.2) is 6.58 Å². The van der Waals surface area contributed by atoms with Crippen LogP contribution in [-0.4, -0.2) is 0 Å². The van der Waals surface area contributed by atoms with Crippen LogP contribution < -0.4 is 0 Å². The summed E-state index contributed by atoms with van der Waals surface area (Å²) in [5.41, 5.74) is 7.95. The second-order valence-electron chi connectivity index (χ2n) is 3.68. The van der Waals surface area contributed by atoms with Crippen LogP contribution in [0.25, 0.3) is 0 Å². The molecule has 13 heavy (non-hydrogen) atoms. The molecule has 0 aliphatic carbocycles. The van der Waals surface area contributed by atoms with Crippen LogP contribution in [0.5, 0.6) is 0 Å². The van der Waals surface area contributed by atoms with E-state index in [-0.39, 0.29) is 0 Å². The predicted octanol–water partition coefficient (Wildman–Crippen LogP) is 3.57. The number of hydrogen-bond acceptors (Lipinski definition) is 0. The first kappa shape index (κ1) is 10.0. The first-order chi connectivity index (χ1) is 6.00. The SMILES string of the molecule is C=[C]c1c(C)c(C)c(C)c(C)c1C. The highest BCUT2D eigenvalue weighted by molar-refractivity contribution is 5.51. The van der Waals surface area contributed by atoms with Gasteiger partial charge >= 0.3 is 0 Å². The zero-order valence-corrected chi connectivity index (χ0v) is 9.21. The second-order valence-corrected chi connectivity index (χ2v) is 3.68. The molecule has 1 aromatic carbocycles. The summed E-state index contributed by atoms with van der Waals surface area (Å²) in [4.78, 5) is 0. The lowest BCUT2D eigenvalue weighted by Crippen LogP contribution is -1.99. The average Bonchev–Trinajstić information content (AvgIpc) is 2.13. The Hall–Kier alpha value is -1.04. The molecule has 1 radical (unpaired) electrons. The van der Waals surface area contributed by atoms with Crippen LogP contribution in [0.4, 0.5) is 0 Å². The zero-order valence-electron chi connectivity index (χ0n) is 9.21. The van der Waals surface area contributed by atoms with E-state index < -0.39 is 0 Å². The number of hydrogen-bond donors (Lipinski definition) is 0. The molecular weight excluding hydrogens is 156 g/mol. The molecule has 69 valence electrons. The predicted molar refractivity (Wildman–Crippen MR) is 58.1 cm³/mol. The molecule has 1 rings (SSSR count). The number of benzene rings is 1. The van der Waals surface area contributed by atoms with E-state index in [0.29, 0.717) is 0 Å². The van der Waals surface area contributed by atoms with Crippen LogP contribution in [-0.2, 0) is 0 Å². The van der Waals surface area contributed by atoms with Crippen LogP contribution in [0.1, 0.15) is 33.4 Å². The lowest BCUT2D eigenvalue weighted by atomic mass is 9.90. The third-order valence-electron chi connectivity index (χ3n) is 3.18. The minimum atomic E-state index is 1.18. The fourth-order valence-corrected chi connectivity index (χ4v) is 1.77. The first-order valence-corrected chi connectivity index (χ1v) is 4.60. The second kappa shape index (κ2) is 3.37. The molecule has 1 aromatic rings. The molecule has 0 bridgehead atoms. The molecule has 0 heterocycles. The van der Waals surface area contributed by atoms with Crippen molar-refractivity contribution in [3.05, 3.63) is 46.0 Å². The fourth-order valence-electron chi connectivity index (χ4n) is 1.77. The molecule has 0 N–H and O–H groups in total. The van der Waals surface area contributed by atoms with Gasteiger partial charge in [0.25, 0.3) is 0 Å². The van der Waals surface area contributed by atoms with Gasteiger partial charge in [0.2, 0.25) is 0 Å². The molecule has 0 spiro atoms. The van der Waals surface area contributed by atoms with E-state index in [1.807, 2.05) is 0 Å². The van der Waals surface area contributed by atoms with Gasteiger partial charge in [-0.25, -0.2) is 0 Å². The molecule has 0 unspecified atom stereocenters. The van der Waals surface area contributed by atoms with Gasteiger partial charge in [0, 0.05) is 0 Å². The van der Waals surface area contributed by atoms with Gasteiger partial charge in [-0.1, -0.05) is 6.58 Å². The monoisotopic (exact) mass is 173 g/mol. The highest BCUT2D eigenvalue weighted by Crippen LogP contribution is 2.25. The van der Waals surface area contributed by atoms with Crippen LogP contribution >= 0.6 is 0 Å². The van der Waals surface area contributed by atoms with E-state index in [9.17, 15) is 0 Å². The Balaban J connectivity index is 3.66. The van der Waals surface area contributed by atoms with E-state index in [0.717, 1.165) is 0 Å². The summed E-state index contributed by atoms with van der Waals surface area (Å²) < 4.78 is 0. The topological polar surface area (TPSA) is 0 Å². The van der Waals surface area contributed by atoms with E-state index in [1.165, 1.54) is 33.4 Å². The zero-order chi connectivity index (χ0) is 10.2. The van der Waals surface area contributed by atoms with Crippen molar-refractivity contribution >= 4 is 0 Å². The Bertz CT molecular complexity index is 328. The van der Waals surface area contributed by atoms with Gasteiger partial charge in [-0.05, 0) is 74.1 Å². The van der Waals surface area contributed by atoms with Crippen molar-refractivity contribution < 1.29 is 0 Å². The summed E-state index contributed by atoms with van der Waals surface area (Å²) in [6.45, 7) is 14.5. The standard InChI is InChI=1S/C13H17/c1-7-13-11(5)9(3)8(2)10(4)12(13)6/h1H2,2-6H3. The summed E-state index contributed by atoms with van der Waals surface area (Å²) in [5.74, 6) is 0. The molecule has 0 heteroatoms. The Morgan fingerprint density at radius 3 is 1.31 bits per heavy atom. The lowest BCUT2D eigenvalue weighted by molar-refractivity contribution is 1.15. The summed E-state index contributed by atoms with van der Waals surface area (Å²) in [6, 6.07) is 0. The van der Waals surface area contributed by atoms with E-state index in [1.54, 1.807) is 0 Å². The van der Waals surface area contributed by atoms with E-state index in [2.05, 4.69) is 47.3 Å². The van der Waals surface area contributed by atoms with Crippen molar-refractivity contribution in [3.63, 3.8) is 0 Å². The van der Waals surface area contributed by atoms with Gasteiger partial charge < -0.3 is 0 Å². The lowest BCUT2D eigenvalue weighted by Gasteiger charge is -2.15. The van der Waals surface area contributed by atoms with Gasteiger partial charge in [-0.2, -0.15) is 0 Å². The van der Waals surface area contributed by atoms with Gasteiger partial charge in [-0.3, -0.25) is 0 Å². The molecule has 0 aliphatic heterocycles. The molecule has 0 atom stereocenters. The summed E-state index contributed by atoms with van der Waals surface area (Å²) in [5, 5.41) is 0. The first-order valence-electron chi connectivity index (χ1n) is 4.60. The molecule has 0 nitrogen and oxygen atoms in total. The molecular formula is C13H17. The van der Waals surface area contributed by atoms with Crippen molar-refractivity contribution in [3.8, 4) is 0 Å². The normalized spacial score (nSPS) is 10.2. The van der Waals surface area contributed by atoms with Crippen molar-refractivity contribution in [2.75, 3.05) is 0 Å². The van der Waals surface area contributed by atoms with Crippen molar-refractivity contribution in [2.24, 2.45) is 0 Å². The summed E-state index contributed by atoms with van der Waals surface area (Å²) in [6.07, 6.45) is 3.02. The molecule has 0 amide bonds.